The summed E-state index contributed by atoms with van der Waals surface area (Å²) in [6.07, 6.45) is 1.67. The number of hydrogen-bond acceptors (Lipinski definition) is 2. The van der Waals surface area contributed by atoms with Gasteiger partial charge in [-0.2, -0.15) is 0 Å². The summed E-state index contributed by atoms with van der Waals surface area (Å²) >= 11 is 0. The molecule has 1 aromatic carbocycles. The van der Waals surface area contributed by atoms with E-state index in [9.17, 15) is 9.18 Å². The second-order valence-electron chi connectivity index (χ2n) is 5.22. The molecule has 0 saturated carbocycles. The summed E-state index contributed by atoms with van der Waals surface area (Å²) in [6.45, 7) is 2.35. The molecule has 2 aliphatic heterocycles. The highest BCUT2D eigenvalue weighted by Gasteiger charge is 2.50. The van der Waals surface area contributed by atoms with Crippen LogP contribution in [0.1, 0.15) is 24.3 Å². The highest BCUT2D eigenvalue weighted by Crippen LogP contribution is 2.46. The average molecular weight is 248 g/mol. The third-order valence-corrected chi connectivity index (χ3v) is 4.33. The van der Waals surface area contributed by atoms with Gasteiger partial charge in [0.05, 0.1) is 5.41 Å². The summed E-state index contributed by atoms with van der Waals surface area (Å²) in [4.78, 5) is 12.2. The van der Waals surface area contributed by atoms with Gasteiger partial charge in [-0.1, -0.05) is 12.1 Å². The van der Waals surface area contributed by atoms with Crippen molar-refractivity contribution in [3.8, 4) is 0 Å². The van der Waals surface area contributed by atoms with E-state index in [1.807, 2.05) is 6.07 Å². The van der Waals surface area contributed by atoms with E-state index in [2.05, 4.69) is 10.6 Å². The molecular formula is C14H17FN2O. The second kappa shape index (κ2) is 4.35. The number of carbonyl (C=O) groups is 1. The Balaban J connectivity index is 1.98. The molecule has 96 valence electrons. The fourth-order valence-corrected chi connectivity index (χ4v) is 3.33. The van der Waals surface area contributed by atoms with E-state index in [1.165, 1.54) is 6.07 Å². The van der Waals surface area contributed by atoms with E-state index in [1.54, 1.807) is 12.1 Å². The number of amides is 1. The Morgan fingerprint density at radius 1 is 1.28 bits per heavy atom. The normalized spacial score (nSPS) is 26.3. The minimum Gasteiger partial charge on any atom is -0.355 e. The molecule has 2 aliphatic rings. The van der Waals surface area contributed by atoms with Crippen LogP contribution in [-0.4, -0.2) is 25.5 Å². The van der Waals surface area contributed by atoms with E-state index < -0.39 is 0 Å². The van der Waals surface area contributed by atoms with Gasteiger partial charge in [0, 0.05) is 12.5 Å². The molecule has 1 unspecified atom stereocenters. The number of carbonyl (C=O) groups excluding carboxylic acids is 1. The summed E-state index contributed by atoms with van der Waals surface area (Å²) < 4.78 is 13.4. The molecule has 1 spiro atoms. The number of piperidine rings is 1. The average Bonchev–Trinajstić information content (AvgIpc) is 2.68. The fraction of sp³-hybridized carbons (Fsp3) is 0.500. The molecule has 3 nitrogen and oxygen atoms in total. The highest BCUT2D eigenvalue weighted by molar-refractivity contribution is 5.86. The molecule has 0 bridgehead atoms. The third-order valence-electron chi connectivity index (χ3n) is 4.33. The molecule has 1 amide bonds. The molecule has 2 fully saturated rings. The van der Waals surface area contributed by atoms with E-state index >= 15 is 0 Å². The minimum atomic E-state index is -0.334. The lowest BCUT2D eigenvalue weighted by Gasteiger charge is -2.36. The van der Waals surface area contributed by atoms with Crippen LogP contribution in [0.25, 0.3) is 0 Å². The Labute approximate surface area is 106 Å². The molecule has 0 radical (unpaired) electrons. The first-order valence-electron chi connectivity index (χ1n) is 6.47. The monoisotopic (exact) mass is 248 g/mol. The van der Waals surface area contributed by atoms with Crippen molar-refractivity contribution in [2.75, 3.05) is 19.6 Å². The van der Waals surface area contributed by atoms with Crippen molar-refractivity contribution in [3.63, 3.8) is 0 Å². The number of nitrogens with one attached hydrogen (secondary N) is 2. The predicted molar refractivity (Wildman–Crippen MR) is 66.7 cm³/mol. The first kappa shape index (κ1) is 11.7. The van der Waals surface area contributed by atoms with Gasteiger partial charge in [0.25, 0.3) is 0 Å². The van der Waals surface area contributed by atoms with Crippen LogP contribution in [0.2, 0.25) is 0 Å². The van der Waals surface area contributed by atoms with Crippen LogP contribution in [0.3, 0.4) is 0 Å². The highest BCUT2D eigenvalue weighted by atomic mass is 19.1. The van der Waals surface area contributed by atoms with Crippen LogP contribution < -0.4 is 10.6 Å². The van der Waals surface area contributed by atoms with Crippen molar-refractivity contribution < 1.29 is 9.18 Å². The smallest absolute Gasteiger partial charge is 0.227 e. The molecule has 2 saturated heterocycles. The lowest BCUT2D eigenvalue weighted by Crippen LogP contribution is -2.44. The summed E-state index contributed by atoms with van der Waals surface area (Å²) in [5.41, 5.74) is 0.606. The zero-order chi connectivity index (χ0) is 12.6. The molecule has 18 heavy (non-hydrogen) atoms. The molecule has 0 aromatic heterocycles. The SMILES string of the molecule is O=C1NCC(c2cccc(F)c2)C12CCNCC2. The van der Waals surface area contributed by atoms with Crippen molar-refractivity contribution in [1.82, 2.24) is 10.6 Å². The van der Waals surface area contributed by atoms with E-state index in [0.717, 1.165) is 31.5 Å². The van der Waals surface area contributed by atoms with Gasteiger partial charge in [0.1, 0.15) is 5.82 Å². The van der Waals surface area contributed by atoms with Crippen LogP contribution in [0.5, 0.6) is 0 Å². The maximum absolute atomic E-state index is 13.4. The van der Waals surface area contributed by atoms with Crippen molar-refractivity contribution in [1.29, 1.82) is 0 Å². The fourth-order valence-electron chi connectivity index (χ4n) is 3.33. The lowest BCUT2D eigenvalue weighted by molar-refractivity contribution is -0.129. The zero-order valence-electron chi connectivity index (χ0n) is 10.2. The number of rotatable bonds is 1. The maximum Gasteiger partial charge on any atom is 0.227 e. The molecule has 2 N–H and O–H groups in total. The van der Waals surface area contributed by atoms with Gasteiger partial charge in [-0.3, -0.25) is 4.79 Å². The summed E-state index contributed by atoms with van der Waals surface area (Å²) in [5, 5.41) is 6.24. The maximum atomic E-state index is 13.4. The molecule has 1 atom stereocenters. The van der Waals surface area contributed by atoms with Gasteiger partial charge in [-0.25, -0.2) is 4.39 Å². The molecule has 3 rings (SSSR count). The third kappa shape index (κ3) is 1.72. The zero-order valence-corrected chi connectivity index (χ0v) is 10.2. The van der Waals surface area contributed by atoms with Gasteiger partial charge in [-0.15, -0.1) is 0 Å². The Morgan fingerprint density at radius 3 is 2.78 bits per heavy atom. The predicted octanol–water partition coefficient (Wildman–Crippen LogP) is 1.41. The molecule has 1 aromatic rings. The number of benzene rings is 1. The van der Waals surface area contributed by atoms with Crippen molar-refractivity contribution in [2.45, 2.75) is 18.8 Å². The Bertz CT molecular complexity index is 469. The quantitative estimate of drug-likeness (QED) is 0.789. The Morgan fingerprint density at radius 2 is 2.06 bits per heavy atom. The second-order valence-corrected chi connectivity index (χ2v) is 5.22. The van der Waals surface area contributed by atoms with Crippen molar-refractivity contribution >= 4 is 5.91 Å². The standard InChI is InChI=1S/C14H17FN2O/c15-11-3-1-2-10(8-11)12-9-17-13(18)14(12)4-6-16-7-5-14/h1-3,8,12,16H,4-7,9H2,(H,17,18). The molecule has 4 heteroatoms. The van der Waals surface area contributed by atoms with Crippen molar-refractivity contribution in [2.24, 2.45) is 5.41 Å². The molecular weight excluding hydrogens is 231 g/mol. The molecule has 0 aliphatic carbocycles. The topological polar surface area (TPSA) is 41.1 Å². The van der Waals surface area contributed by atoms with Gasteiger partial charge >= 0.3 is 0 Å². The van der Waals surface area contributed by atoms with Crippen LogP contribution in [-0.2, 0) is 4.79 Å². The first-order chi connectivity index (χ1) is 8.72. The summed E-state index contributed by atoms with van der Waals surface area (Å²) in [6, 6.07) is 6.66. The van der Waals surface area contributed by atoms with Crippen LogP contribution in [0.15, 0.2) is 24.3 Å². The minimum absolute atomic E-state index is 0.0998. The number of halogens is 1. The van der Waals surface area contributed by atoms with Gasteiger partial charge < -0.3 is 10.6 Å². The van der Waals surface area contributed by atoms with E-state index in [-0.39, 0.29) is 23.1 Å². The number of hydrogen-bond donors (Lipinski definition) is 2. The Hall–Kier alpha value is -1.42. The van der Waals surface area contributed by atoms with Gasteiger partial charge in [0.15, 0.2) is 0 Å². The van der Waals surface area contributed by atoms with Crippen LogP contribution >= 0.6 is 0 Å². The molecule has 2 heterocycles. The van der Waals surface area contributed by atoms with Gasteiger partial charge in [-0.05, 0) is 43.6 Å². The first-order valence-corrected chi connectivity index (χ1v) is 6.47. The largest absolute Gasteiger partial charge is 0.355 e. The Kier molecular flexibility index (Phi) is 2.82. The van der Waals surface area contributed by atoms with Crippen molar-refractivity contribution in [3.05, 3.63) is 35.6 Å². The summed E-state index contributed by atoms with van der Waals surface area (Å²) in [7, 11) is 0. The summed E-state index contributed by atoms with van der Waals surface area (Å²) in [5.74, 6) is 0.0111. The van der Waals surface area contributed by atoms with Gasteiger partial charge in [0.2, 0.25) is 5.91 Å². The van der Waals surface area contributed by atoms with Crippen LogP contribution in [0.4, 0.5) is 4.39 Å². The lowest BCUT2D eigenvalue weighted by atomic mass is 9.68. The van der Waals surface area contributed by atoms with E-state index in [4.69, 9.17) is 0 Å². The van der Waals surface area contributed by atoms with Crippen LogP contribution in [0, 0.1) is 11.2 Å². The van der Waals surface area contributed by atoms with E-state index in [0.29, 0.717) is 6.54 Å².